The molecular weight excluding hydrogens is 807 g/mol. The van der Waals surface area contributed by atoms with Crippen LogP contribution in [0.1, 0.15) is 27.8 Å². The quantitative estimate of drug-likeness (QED) is 0.154. The van der Waals surface area contributed by atoms with Crippen molar-refractivity contribution in [2.75, 3.05) is 86.3 Å². The molecule has 0 fully saturated rings. The van der Waals surface area contributed by atoms with Crippen molar-refractivity contribution in [3.63, 3.8) is 0 Å². The Morgan fingerprint density at radius 1 is 0.458 bits per heavy atom. The summed E-state index contributed by atoms with van der Waals surface area (Å²) in [6.45, 7) is 11.7. The molecule has 0 aromatic heterocycles. The number of rotatable bonds is 5. The van der Waals surface area contributed by atoms with Gasteiger partial charge in [0.05, 0.1) is 59.5 Å². The number of halogens is 6. The number of fused-ring (bicyclic) bond motifs is 2. The number of aliphatic hydroxyl groups is 1. The summed E-state index contributed by atoms with van der Waals surface area (Å²) in [5.41, 5.74) is 6.23. The van der Waals surface area contributed by atoms with E-state index in [1.165, 1.54) is 22.3 Å². The Morgan fingerprint density at radius 2 is 0.746 bits per heavy atom. The minimum atomic E-state index is -10.7. The number of nitrogens with zero attached hydrogens (tertiary/aromatic N) is 1. The predicted molar refractivity (Wildman–Crippen MR) is 215 cm³/mol. The molecule has 10 nitrogen and oxygen atoms in total. The van der Waals surface area contributed by atoms with Gasteiger partial charge in [-0.25, -0.2) is 0 Å². The van der Waals surface area contributed by atoms with Crippen LogP contribution in [0, 0.1) is 13.8 Å². The Balaban J connectivity index is 0.000000292. The van der Waals surface area contributed by atoms with Crippen LogP contribution in [0.5, 0.6) is 23.0 Å². The van der Waals surface area contributed by atoms with Gasteiger partial charge >= 0.3 is 33.0 Å². The summed E-state index contributed by atoms with van der Waals surface area (Å²) in [6, 6.07) is 30.0. The molecule has 4 aromatic rings. The Hall–Kier alpha value is -4.15. The zero-order valence-corrected chi connectivity index (χ0v) is 34.5. The first-order chi connectivity index (χ1) is 27.9. The molecule has 0 amide bonds. The fourth-order valence-corrected chi connectivity index (χ4v) is 5.45. The molecule has 1 aliphatic rings. The van der Waals surface area contributed by atoms with Crippen molar-refractivity contribution in [1.82, 2.24) is 4.90 Å². The molecule has 17 heteroatoms. The first-order valence-electron chi connectivity index (χ1n) is 19.0. The molecule has 59 heavy (non-hydrogen) atoms. The van der Waals surface area contributed by atoms with Crippen molar-refractivity contribution in [3.8, 4) is 23.0 Å². The van der Waals surface area contributed by atoms with Crippen molar-refractivity contribution >= 4 is 7.81 Å². The van der Waals surface area contributed by atoms with Gasteiger partial charge < -0.3 is 43.0 Å². The topological polar surface area (TPSA) is 97.3 Å². The summed E-state index contributed by atoms with van der Waals surface area (Å²) in [6.07, 6.45) is 0. The summed E-state index contributed by atoms with van der Waals surface area (Å²) >= 11 is 0. The Labute approximate surface area is 342 Å². The van der Waals surface area contributed by atoms with Crippen molar-refractivity contribution in [1.29, 1.82) is 0 Å². The van der Waals surface area contributed by atoms with Crippen LogP contribution in [0.2, 0.25) is 0 Å². The Morgan fingerprint density at radius 3 is 1.07 bits per heavy atom. The number of para-hydroxylation sites is 4. The second kappa shape index (κ2) is 24.2. The van der Waals surface area contributed by atoms with Gasteiger partial charge in [0.15, 0.2) is 23.0 Å². The number of hydrogen-bond donors (Lipinski definition) is 1. The smallest absolute Gasteiger partial charge is 0.161 e. The van der Waals surface area contributed by atoms with Gasteiger partial charge in [-0.3, -0.25) is 4.90 Å². The fraction of sp³-hybridized carbons (Fsp3) is 0.429. The summed E-state index contributed by atoms with van der Waals surface area (Å²) in [5, 5.41) is 9.05. The minimum Gasteiger partial charge on any atom is -0.487 e. The summed E-state index contributed by atoms with van der Waals surface area (Å²) in [5.74, 6) is 2.73. The molecule has 0 saturated carbocycles. The zero-order valence-electron chi connectivity index (χ0n) is 33.6. The predicted octanol–water partition coefficient (Wildman–Crippen LogP) is 9.79. The maximum Gasteiger partial charge on any atom is 0.161 e. The normalized spacial score (nSPS) is 16.4. The second-order valence-electron chi connectivity index (χ2n) is 13.3. The summed E-state index contributed by atoms with van der Waals surface area (Å²) < 4.78 is 105. The van der Waals surface area contributed by atoms with Crippen molar-refractivity contribution < 1.29 is 68.2 Å². The molecule has 1 N–H and O–H groups in total. The maximum absolute atomic E-state index is 10.7. The van der Waals surface area contributed by atoms with E-state index >= 15 is 0 Å². The van der Waals surface area contributed by atoms with E-state index in [9.17, 15) is 25.2 Å². The van der Waals surface area contributed by atoms with Crippen LogP contribution >= 0.6 is 7.81 Å². The van der Waals surface area contributed by atoms with E-state index in [-0.39, 0.29) is 6.61 Å². The molecule has 1 aliphatic heterocycles. The third kappa shape index (κ3) is 25.2. The number of aliphatic hydroxyl groups excluding tert-OH is 1. The van der Waals surface area contributed by atoms with Crippen molar-refractivity contribution in [2.24, 2.45) is 0 Å². The van der Waals surface area contributed by atoms with Gasteiger partial charge in [0.2, 0.25) is 0 Å². The molecule has 0 atom stereocenters. The Bertz CT molecular complexity index is 1630. The molecule has 0 unspecified atom stereocenters. The molecule has 0 spiro atoms. The zero-order chi connectivity index (χ0) is 43.1. The number of ether oxygens (including phenoxy) is 8. The van der Waals surface area contributed by atoms with Gasteiger partial charge in [-0.1, -0.05) is 77.9 Å². The maximum atomic E-state index is 9.87. The van der Waals surface area contributed by atoms with E-state index < -0.39 is 7.81 Å². The third-order valence-corrected chi connectivity index (χ3v) is 7.78. The largest absolute Gasteiger partial charge is 0.487 e. The van der Waals surface area contributed by atoms with Gasteiger partial charge in [0, 0.05) is 13.1 Å². The standard InChI is InChI=1S/C24H32O8.C18H23NO.F6P/c1-2-6-22-21(5-1)29-17-13-25-9-10-27-15-19-31-23-7-3-4-8-24(23)32-20-16-28-12-11-26-14-18-30-22;1-14-8-15(2)10-18(9-14)12-19(3)11-16-4-6-17(13-20)7-5-16;1-7(2,3,4,5)6/h1-8H,9-20H2;4-10,20H,11-13H2,1-3H3;/q;;-1. The van der Waals surface area contributed by atoms with Crippen molar-refractivity contribution in [3.05, 3.63) is 119 Å². The van der Waals surface area contributed by atoms with Gasteiger partial charge in [0.1, 0.15) is 26.4 Å². The van der Waals surface area contributed by atoms with E-state index in [2.05, 4.69) is 56.1 Å². The van der Waals surface area contributed by atoms with Crippen LogP contribution in [0.3, 0.4) is 0 Å². The van der Waals surface area contributed by atoms with Gasteiger partial charge in [-0.05, 0) is 61.9 Å². The van der Waals surface area contributed by atoms with Crippen molar-refractivity contribution in [2.45, 2.75) is 33.5 Å². The molecule has 4 aromatic carbocycles. The van der Waals surface area contributed by atoms with Crippen LogP contribution in [-0.2, 0) is 38.6 Å². The third-order valence-electron chi connectivity index (χ3n) is 7.78. The molecule has 1 heterocycles. The first-order valence-corrected chi connectivity index (χ1v) is 21.0. The average molecular weight is 863 g/mol. The van der Waals surface area contributed by atoms with Crippen LogP contribution in [-0.4, -0.2) is 96.3 Å². The Kier molecular flexibility index (Phi) is 20.2. The summed E-state index contributed by atoms with van der Waals surface area (Å²) in [4.78, 5) is 2.31. The van der Waals surface area contributed by atoms with Gasteiger partial charge in [-0.2, -0.15) is 0 Å². The van der Waals surface area contributed by atoms with Gasteiger partial charge in [0.25, 0.3) is 0 Å². The second-order valence-corrected chi connectivity index (χ2v) is 15.3. The number of hydrogen-bond acceptors (Lipinski definition) is 10. The molecule has 0 saturated heterocycles. The van der Waals surface area contributed by atoms with E-state index in [0.717, 1.165) is 18.7 Å². The molecule has 330 valence electrons. The van der Waals surface area contributed by atoms with E-state index in [4.69, 9.17) is 43.0 Å². The minimum absolute atomic E-state index is 0.110. The summed E-state index contributed by atoms with van der Waals surface area (Å²) in [7, 11) is -8.52. The molecule has 0 bridgehead atoms. The van der Waals surface area contributed by atoms with Gasteiger partial charge in [-0.15, -0.1) is 0 Å². The fourth-order valence-electron chi connectivity index (χ4n) is 5.45. The number of benzene rings is 4. The monoisotopic (exact) mass is 862 g/mol. The molecule has 0 aliphatic carbocycles. The average Bonchev–Trinajstić information content (AvgIpc) is 3.16. The first kappa shape index (κ1) is 49.2. The SMILES string of the molecule is Cc1cc(C)cc(CN(C)Cc2ccc(CO)cc2)c1.F[P-](F)(F)(F)(F)F.c1ccc2c(c1)OCCOCCOCCOc1ccccc1OCCOCCOCCO2. The number of aryl methyl sites for hydroxylation is 2. The van der Waals surface area contributed by atoms with E-state index in [1.54, 1.807) is 0 Å². The van der Waals surface area contributed by atoms with Crippen LogP contribution < -0.4 is 18.9 Å². The van der Waals surface area contributed by atoms with E-state index in [0.29, 0.717) is 102 Å². The molecule has 5 rings (SSSR count). The molecule has 0 radical (unpaired) electrons. The van der Waals surface area contributed by atoms with Crippen LogP contribution in [0.4, 0.5) is 25.2 Å². The van der Waals surface area contributed by atoms with Crippen LogP contribution in [0.15, 0.2) is 91.0 Å². The van der Waals surface area contributed by atoms with E-state index in [1.807, 2.05) is 60.7 Å². The van der Waals surface area contributed by atoms with Crippen LogP contribution in [0.25, 0.3) is 0 Å². The molecular formula is C42H55F6NO9P-.